The van der Waals surface area contributed by atoms with E-state index in [0.29, 0.717) is 5.92 Å². The largest absolute Gasteiger partial charge is 0.372 e. The number of rotatable bonds is 10. The van der Waals surface area contributed by atoms with Crippen molar-refractivity contribution >= 4 is 11.3 Å². The fourth-order valence-electron chi connectivity index (χ4n) is 5.12. The molecule has 1 heterocycles. The normalized spacial score (nSPS) is 17.6. The summed E-state index contributed by atoms with van der Waals surface area (Å²) in [4.78, 5) is 19.3. The lowest BCUT2D eigenvalue weighted by Gasteiger charge is -2.30. The quantitative estimate of drug-likeness (QED) is 0.261. The molecule has 0 amide bonds. The molecule has 1 atom stereocenters. The van der Waals surface area contributed by atoms with Gasteiger partial charge in [-0.05, 0) is 93.7 Å². The van der Waals surface area contributed by atoms with Gasteiger partial charge in [-0.2, -0.15) is 0 Å². The van der Waals surface area contributed by atoms with Gasteiger partial charge in [0.1, 0.15) is 5.72 Å². The van der Waals surface area contributed by atoms with Crippen molar-refractivity contribution in [1.82, 2.24) is 10.3 Å². The molecule has 1 saturated carbocycles. The number of aromatic nitrogens is 1. The fourth-order valence-corrected chi connectivity index (χ4v) is 5.12. The minimum Gasteiger partial charge on any atom is -0.372 e. The van der Waals surface area contributed by atoms with Crippen LogP contribution in [-0.4, -0.2) is 21.8 Å². The summed E-state index contributed by atoms with van der Waals surface area (Å²) in [5.74, 6) is 0.604. The molecule has 0 bridgehead atoms. The van der Waals surface area contributed by atoms with Crippen LogP contribution in [0.15, 0.2) is 52.5 Å². The molecule has 1 aliphatic rings. The number of aromatic amines is 1. The molecule has 1 aliphatic carbocycles. The summed E-state index contributed by atoms with van der Waals surface area (Å²) in [6.45, 7) is 10.2. The third kappa shape index (κ3) is 7.49. The molecule has 1 fully saturated rings. The number of pyridine rings is 1. The molecule has 0 aliphatic heterocycles. The second-order valence-corrected chi connectivity index (χ2v) is 10.4. The Morgan fingerprint density at radius 2 is 1.91 bits per heavy atom. The zero-order valence-electron chi connectivity index (χ0n) is 22.2. The Kier molecular flexibility index (Phi) is 9.64. The molecule has 0 radical (unpaired) electrons. The first-order chi connectivity index (χ1) is 16.7. The second kappa shape index (κ2) is 12.5. The summed E-state index contributed by atoms with van der Waals surface area (Å²) in [5, 5.41) is 14.8. The Morgan fingerprint density at radius 3 is 2.54 bits per heavy atom. The lowest BCUT2D eigenvalue weighted by molar-refractivity contribution is 0.0115. The number of hydrogen-bond donors (Lipinski definition) is 3. The van der Waals surface area contributed by atoms with E-state index in [-0.39, 0.29) is 11.6 Å². The molecule has 1 aromatic heterocycles. The van der Waals surface area contributed by atoms with E-state index in [2.05, 4.69) is 30.2 Å². The number of nitrogens with zero attached hydrogens (tertiary/aromatic N) is 1. The zero-order chi connectivity index (χ0) is 25.4. The number of aliphatic imine (C=N–C) groups is 1. The topological polar surface area (TPSA) is 77.5 Å². The van der Waals surface area contributed by atoms with Crippen LogP contribution in [0.1, 0.15) is 97.1 Å². The predicted octanol–water partition coefficient (Wildman–Crippen LogP) is 6.78. The zero-order valence-corrected chi connectivity index (χ0v) is 22.2. The van der Waals surface area contributed by atoms with Crippen LogP contribution in [0.2, 0.25) is 0 Å². The van der Waals surface area contributed by atoms with Gasteiger partial charge >= 0.3 is 0 Å². The Morgan fingerprint density at radius 1 is 1.20 bits per heavy atom. The average Bonchev–Trinajstić information content (AvgIpc) is 2.84. The van der Waals surface area contributed by atoms with Gasteiger partial charge in [-0.25, -0.2) is 0 Å². The lowest BCUT2D eigenvalue weighted by atomic mass is 9.84. The standard InChI is InChI=1S/C30H43N3O2/c1-6-7-13-28(23-11-9-8-10-12-23)31-19-22(4)26-16-14-24(25-15-17-29(34)32-20-25)18-27(26)30(5,35)33-21(2)3/h14-21,23,33,35H,6-13H2,1-5H3,(H,32,34)/b22-19+,31-28?. The lowest BCUT2D eigenvalue weighted by Crippen LogP contribution is -2.44. The van der Waals surface area contributed by atoms with Crippen LogP contribution in [-0.2, 0) is 5.72 Å². The molecule has 3 N–H and O–H groups in total. The van der Waals surface area contributed by atoms with Gasteiger partial charge in [0.2, 0.25) is 5.56 Å². The van der Waals surface area contributed by atoms with Crippen molar-refractivity contribution in [3.8, 4) is 11.1 Å². The summed E-state index contributed by atoms with van der Waals surface area (Å²) in [6, 6.07) is 9.54. The number of allylic oxidation sites excluding steroid dienone is 1. The number of hydrogen-bond acceptors (Lipinski definition) is 4. The minimum absolute atomic E-state index is 0.101. The van der Waals surface area contributed by atoms with Gasteiger partial charge in [0.05, 0.1) is 0 Å². The summed E-state index contributed by atoms with van der Waals surface area (Å²) in [6.07, 6.45) is 13.6. The molecule has 5 nitrogen and oxygen atoms in total. The van der Waals surface area contributed by atoms with E-state index >= 15 is 0 Å². The second-order valence-electron chi connectivity index (χ2n) is 10.4. The minimum atomic E-state index is -1.23. The molecule has 0 saturated heterocycles. The first-order valence-electron chi connectivity index (χ1n) is 13.3. The van der Waals surface area contributed by atoms with Crippen LogP contribution in [0.5, 0.6) is 0 Å². The van der Waals surface area contributed by atoms with Gasteiger partial charge in [0.25, 0.3) is 0 Å². The molecule has 5 heteroatoms. The van der Waals surface area contributed by atoms with Gasteiger partial charge in [0, 0.05) is 35.8 Å². The van der Waals surface area contributed by atoms with Crippen molar-refractivity contribution in [3.05, 3.63) is 64.2 Å². The summed E-state index contributed by atoms with van der Waals surface area (Å²) in [7, 11) is 0. The smallest absolute Gasteiger partial charge is 0.247 e. The maximum atomic E-state index is 11.5. The number of H-pyrrole nitrogens is 1. The molecule has 0 spiro atoms. The highest BCUT2D eigenvalue weighted by atomic mass is 16.3. The van der Waals surface area contributed by atoms with Gasteiger partial charge in [-0.3, -0.25) is 15.1 Å². The maximum absolute atomic E-state index is 11.5. The van der Waals surface area contributed by atoms with E-state index in [1.54, 1.807) is 19.2 Å². The Bertz CT molecular complexity index is 1070. The molecule has 3 rings (SSSR count). The van der Waals surface area contributed by atoms with E-state index in [1.165, 1.54) is 56.7 Å². The monoisotopic (exact) mass is 477 g/mol. The third-order valence-electron chi connectivity index (χ3n) is 6.94. The van der Waals surface area contributed by atoms with Crippen molar-refractivity contribution in [3.63, 3.8) is 0 Å². The van der Waals surface area contributed by atoms with E-state index in [4.69, 9.17) is 4.99 Å². The van der Waals surface area contributed by atoms with Crippen LogP contribution in [0.3, 0.4) is 0 Å². The van der Waals surface area contributed by atoms with Gasteiger partial charge in [-0.15, -0.1) is 0 Å². The van der Waals surface area contributed by atoms with Crippen molar-refractivity contribution in [2.75, 3.05) is 0 Å². The van der Waals surface area contributed by atoms with Gasteiger partial charge in [0.15, 0.2) is 0 Å². The highest BCUT2D eigenvalue weighted by Crippen LogP contribution is 2.33. The molecule has 1 unspecified atom stereocenters. The van der Waals surface area contributed by atoms with Crippen LogP contribution in [0, 0.1) is 5.92 Å². The van der Waals surface area contributed by atoms with E-state index in [0.717, 1.165) is 34.2 Å². The van der Waals surface area contributed by atoms with Crippen LogP contribution >= 0.6 is 0 Å². The fraction of sp³-hybridized carbons (Fsp3) is 0.533. The van der Waals surface area contributed by atoms with Crippen molar-refractivity contribution < 1.29 is 5.11 Å². The van der Waals surface area contributed by atoms with Crippen LogP contribution < -0.4 is 10.9 Å². The van der Waals surface area contributed by atoms with Crippen LogP contribution in [0.4, 0.5) is 0 Å². The average molecular weight is 478 g/mol. The molecular formula is C30H43N3O2. The highest BCUT2D eigenvalue weighted by molar-refractivity contribution is 5.88. The SMILES string of the molecule is CCCCC(=N/C=C(\C)c1ccc(-c2ccc(=O)[nH]c2)cc1C(C)(O)NC(C)C)C1CCCCC1. The van der Waals surface area contributed by atoms with Crippen molar-refractivity contribution in [1.29, 1.82) is 0 Å². The number of unbranched alkanes of at least 4 members (excludes halogenated alkanes) is 1. The highest BCUT2D eigenvalue weighted by Gasteiger charge is 2.27. The third-order valence-corrected chi connectivity index (χ3v) is 6.94. The van der Waals surface area contributed by atoms with Crippen molar-refractivity contribution in [2.45, 2.75) is 97.8 Å². The molecule has 1 aromatic carbocycles. The number of benzene rings is 1. The first kappa shape index (κ1) is 27.1. The predicted molar refractivity (Wildman–Crippen MR) is 148 cm³/mol. The van der Waals surface area contributed by atoms with Gasteiger partial charge in [-0.1, -0.05) is 44.7 Å². The Hall–Kier alpha value is -2.50. The Labute approximate surface area is 210 Å². The number of nitrogens with one attached hydrogen (secondary N) is 2. The van der Waals surface area contributed by atoms with E-state index in [1.807, 2.05) is 32.2 Å². The number of aliphatic hydroxyl groups is 1. The van der Waals surface area contributed by atoms with Gasteiger partial charge < -0.3 is 10.1 Å². The summed E-state index contributed by atoms with van der Waals surface area (Å²) >= 11 is 0. The van der Waals surface area contributed by atoms with E-state index < -0.39 is 5.72 Å². The van der Waals surface area contributed by atoms with Crippen molar-refractivity contribution in [2.24, 2.45) is 10.9 Å². The van der Waals surface area contributed by atoms with E-state index in [9.17, 15) is 9.90 Å². The molecule has 35 heavy (non-hydrogen) atoms. The first-order valence-corrected chi connectivity index (χ1v) is 13.3. The summed E-state index contributed by atoms with van der Waals surface area (Å²) < 4.78 is 0. The Balaban J connectivity index is 2.03. The molecular weight excluding hydrogens is 434 g/mol. The molecule has 2 aromatic rings. The maximum Gasteiger partial charge on any atom is 0.247 e. The molecule has 190 valence electrons. The van der Waals surface area contributed by atoms with Crippen LogP contribution in [0.25, 0.3) is 16.7 Å². The summed E-state index contributed by atoms with van der Waals surface area (Å²) in [5.41, 5.74) is 4.62.